The Kier molecular flexibility index (Phi) is 6.26. The minimum atomic E-state index is -0.260. The van der Waals surface area contributed by atoms with Crippen LogP contribution in [-0.4, -0.2) is 39.7 Å². The third-order valence-electron chi connectivity index (χ3n) is 5.09. The lowest BCUT2D eigenvalue weighted by Gasteiger charge is -2.09. The minimum absolute atomic E-state index is 0.260. The average Bonchev–Trinajstić information content (AvgIpc) is 3.40. The molecule has 2 heterocycles. The molecular formula is C25H25N5O3. The van der Waals surface area contributed by atoms with Gasteiger partial charge in [0.1, 0.15) is 11.5 Å². The van der Waals surface area contributed by atoms with Crippen LogP contribution >= 0.6 is 0 Å². The fourth-order valence-electron chi connectivity index (χ4n) is 3.49. The van der Waals surface area contributed by atoms with Crippen molar-refractivity contribution in [2.45, 2.75) is 6.92 Å². The van der Waals surface area contributed by atoms with Crippen LogP contribution in [0.5, 0.6) is 11.5 Å². The fourth-order valence-corrected chi connectivity index (χ4v) is 3.49. The number of hydrogen-bond acceptors (Lipinski definition) is 5. The number of hydrogen-bond donors (Lipinski definition) is 1. The van der Waals surface area contributed by atoms with Crippen LogP contribution in [0.3, 0.4) is 0 Å². The Morgan fingerprint density at radius 1 is 1.00 bits per heavy atom. The number of amides is 1. The zero-order valence-corrected chi connectivity index (χ0v) is 18.9. The van der Waals surface area contributed by atoms with E-state index in [0.29, 0.717) is 23.0 Å². The topological polar surface area (TPSA) is 83.2 Å². The maximum atomic E-state index is 12.6. The van der Waals surface area contributed by atoms with Crippen molar-refractivity contribution in [1.29, 1.82) is 0 Å². The summed E-state index contributed by atoms with van der Waals surface area (Å²) in [6, 6.07) is 17.2. The Labute approximate surface area is 192 Å². The number of carbonyl (C=O) groups is 1. The molecule has 0 unspecified atom stereocenters. The van der Waals surface area contributed by atoms with Crippen LogP contribution < -0.4 is 14.8 Å². The Bertz CT molecular complexity index is 1310. The van der Waals surface area contributed by atoms with Gasteiger partial charge in [-0.05, 0) is 43.3 Å². The van der Waals surface area contributed by atoms with Crippen LogP contribution in [0.25, 0.3) is 23.0 Å². The second kappa shape index (κ2) is 9.44. The number of methoxy groups -OCH3 is 2. The van der Waals surface area contributed by atoms with Gasteiger partial charge in [0.25, 0.3) is 0 Å². The van der Waals surface area contributed by atoms with E-state index in [2.05, 4.69) is 10.4 Å². The number of nitrogens with zero attached hydrogens (tertiary/aromatic N) is 4. The number of anilines is 1. The fraction of sp³-hybridized carbons (Fsp3) is 0.160. The van der Waals surface area contributed by atoms with E-state index in [0.717, 1.165) is 22.5 Å². The highest BCUT2D eigenvalue weighted by molar-refractivity contribution is 6.02. The van der Waals surface area contributed by atoms with Crippen molar-refractivity contribution in [3.05, 3.63) is 78.1 Å². The highest BCUT2D eigenvalue weighted by Crippen LogP contribution is 2.33. The van der Waals surface area contributed by atoms with Crippen molar-refractivity contribution in [3.63, 3.8) is 0 Å². The van der Waals surface area contributed by atoms with E-state index in [-0.39, 0.29) is 5.91 Å². The average molecular weight is 444 g/mol. The standard InChI is InChI=1S/C25H25N5O3/c1-17-14-23(29(2)27-17)26-24(31)13-11-19-16-30(20-8-6-5-7-9-20)28-25(19)18-10-12-21(32-3)22(15-18)33-4/h5-16H,1-4H3,(H,26,31)/b13-11+. The van der Waals surface area contributed by atoms with Crippen LogP contribution in [0.4, 0.5) is 5.82 Å². The lowest BCUT2D eigenvalue weighted by Crippen LogP contribution is -2.11. The van der Waals surface area contributed by atoms with Gasteiger partial charge in [-0.1, -0.05) is 18.2 Å². The van der Waals surface area contributed by atoms with Crippen molar-refractivity contribution in [2.24, 2.45) is 7.05 Å². The van der Waals surface area contributed by atoms with Gasteiger partial charge in [-0.15, -0.1) is 0 Å². The molecule has 8 heteroatoms. The largest absolute Gasteiger partial charge is 0.493 e. The van der Waals surface area contributed by atoms with Crippen molar-refractivity contribution in [3.8, 4) is 28.4 Å². The van der Waals surface area contributed by atoms with Gasteiger partial charge >= 0.3 is 0 Å². The van der Waals surface area contributed by atoms with Crippen molar-refractivity contribution in [1.82, 2.24) is 19.6 Å². The lowest BCUT2D eigenvalue weighted by atomic mass is 10.1. The van der Waals surface area contributed by atoms with Crippen molar-refractivity contribution in [2.75, 3.05) is 19.5 Å². The summed E-state index contributed by atoms with van der Waals surface area (Å²) in [4.78, 5) is 12.6. The molecule has 0 atom stereocenters. The minimum Gasteiger partial charge on any atom is -0.493 e. The molecule has 0 bridgehead atoms. The highest BCUT2D eigenvalue weighted by Gasteiger charge is 2.14. The number of rotatable bonds is 7. The number of benzene rings is 2. The van der Waals surface area contributed by atoms with E-state index in [1.807, 2.05) is 67.7 Å². The Balaban J connectivity index is 1.70. The van der Waals surface area contributed by atoms with Crippen LogP contribution in [0.2, 0.25) is 0 Å². The van der Waals surface area contributed by atoms with Crippen LogP contribution in [0.1, 0.15) is 11.3 Å². The summed E-state index contributed by atoms with van der Waals surface area (Å²) in [5.41, 5.74) is 4.07. The molecule has 168 valence electrons. The molecule has 8 nitrogen and oxygen atoms in total. The monoisotopic (exact) mass is 443 g/mol. The van der Waals surface area contributed by atoms with Gasteiger partial charge in [-0.3, -0.25) is 9.48 Å². The van der Waals surface area contributed by atoms with E-state index in [1.165, 1.54) is 6.08 Å². The molecule has 0 radical (unpaired) electrons. The zero-order chi connectivity index (χ0) is 23.4. The molecule has 4 aromatic rings. The molecule has 0 aliphatic carbocycles. The molecular weight excluding hydrogens is 418 g/mol. The number of carbonyl (C=O) groups excluding carboxylic acids is 1. The number of para-hydroxylation sites is 1. The van der Waals surface area contributed by atoms with Crippen LogP contribution in [0, 0.1) is 6.92 Å². The first-order chi connectivity index (χ1) is 16.0. The van der Waals surface area contributed by atoms with E-state index >= 15 is 0 Å². The summed E-state index contributed by atoms with van der Waals surface area (Å²) in [6.45, 7) is 1.87. The number of aryl methyl sites for hydroxylation is 2. The van der Waals surface area contributed by atoms with Crippen LogP contribution in [0.15, 0.2) is 66.9 Å². The number of ether oxygens (including phenoxy) is 2. The van der Waals surface area contributed by atoms with Crippen molar-refractivity contribution < 1.29 is 14.3 Å². The highest BCUT2D eigenvalue weighted by atomic mass is 16.5. The molecule has 0 saturated heterocycles. The van der Waals surface area contributed by atoms with Gasteiger partial charge in [-0.25, -0.2) is 4.68 Å². The summed E-state index contributed by atoms with van der Waals surface area (Å²) in [5, 5.41) is 11.9. The van der Waals surface area contributed by atoms with Gasteiger partial charge in [0.15, 0.2) is 11.5 Å². The molecule has 1 N–H and O–H groups in total. The maximum Gasteiger partial charge on any atom is 0.249 e. The first-order valence-corrected chi connectivity index (χ1v) is 10.4. The zero-order valence-electron chi connectivity index (χ0n) is 18.9. The second-order valence-corrected chi connectivity index (χ2v) is 7.40. The molecule has 0 saturated carbocycles. The third kappa shape index (κ3) is 4.79. The molecule has 2 aromatic carbocycles. The summed E-state index contributed by atoms with van der Waals surface area (Å²) < 4.78 is 14.2. The lowest BCUT2D eigenvalue weighted by molar-refractivity contribution is -0.111. The molecule has 4 rings (SSSR count). The van der Waals surface area contributed by atoms with Gasteiger partial charge in [0.2, 0.25) is 5.91 Å². The summed E-state index contributed by atoms with van der Waals surface area (Å²) in [6.07, 6.45) is 5.12. The number of nitrogens with one attached hydrogen (secondary N) is 1. The quantitative estimate of drug-likeness (QED) is 0.432. The molecule has 0 fully saturated rings. The van der Waals surface area contributed by atoms with Gasteiger partial charge in [0, 0.05) is 36.5 Å². The SMILES string of the molecule is COc1ccc(-c2nn(-c3ccccc3)cc2/C=C/C(=O)Nc2cc(C)nn2C)cc1OC. The third-order valence-corrected chi connectivity index (χ3v) is 5.09. The first-order valence-electron chi connectivity index (χ1n) is 10.4. The summed E-state index contributed by atoms with van der Waals surface area (Å²) in [7, 11) is 4.97. The summed E-state index contributed by atoms with van der Waals surface area (Å²) >= 11 is 0. The molecule has 2 aromatic heterocycles. The molecule has 0 aliphatic rings. The van der Waals surface area contributed by atoms with E-state index in [1.54, 1.807) is 36.7 Å². The van der Waals surface area contributed by atoms with E-state index < -0.39 is 0 Å². The second-order valence-electron chi connectivity index (χ2n) is 7.40. The van der Waals surface area contributed by atoms with Gasteiger partial charge < -0.3 is 14.8 Å². The summed E-state index contributed by atoms with van der Waals surface area (Å²) in [5.74, 6) is 1.60. The number of aromatic nitrogens is 4. The van der Waals surface area contributed by atoms with E-state index in [4.69, 9.17) is 14.6 Å². The Morgan fingerprint density at radius 3 is 2.42 bits per heavy atom. The van der Waals surface area contributed by atoms with Gasteiger partial charge in [0.05, 0.1) is 25.6 Å². The molecule has 0 spiro atoms. The van der Waals surface area contributed by atoms with Crippen molar-refractivity contribution >= 4 is 17.8 Å². The predicted molar refractivity (Wildman–Crippen MR) is 128 cm³/mol. The Hall–Kier alpha value is -4.33. The Morgan fingerprint density at radius 2 is 1.76 bits per heavy atom. The maximum absolute atomic E-state index is 12.6. The molecule has 33 heavy (non-hydrogen) atoms. The smallest absolute Gasteiger partial charge is 0.249 e. The van der Waals surface area contributed by atoms with Crippen LogP contribution in [-0.2, 0) is 11.8 Å². The van der Waals surface area contributed by atoms with Gasteiger partial charge in [-0.2, -0.15) is 10.2 Å². The molecule has 1 amide bonds. The predicted octanol–water partition coefficient (Wildman–Crippen LogP) is 4.25. The normalized spacial score (nSPS) is 11.0. The van der Waals surface area contributed by atoms with E-state index in [9.17, 15) is 4.79 Å². The first kappa shape index (κ1) is 21.9. The molecule has 0 aliphatic heterocycles.